The van der Waals surface area contributed by atoms with Crippen LogP contribution < -0.4 is 10.1 Å². The van der Waals surface area contributed by atoms with Gasteiger partial charge < -0.3 is 19.7 Å². The van der Waals surface area contributed by atoms with Crippen molar-refractivity contribution in [2.24, 2.45) is 5.92 Å². The van der Waals surface area contributed by atoms with Crippen molar-refractivity contribution in [3.63, 3.8) is 0 Å². The van der Waals surface area contributed by atoms with E-state index in [1.165, 1.54) is 26.0 Å². The van der Waals surface area contributed by atoms with Gasteiger partial charge in [-0.2, -0.15) is 0 Å². The summed E-state index contributed by atoms with van der Waals surface area (Å²) in [7, 11) is 1.52. The standard InChI is InChI=1S/C24H25ClN2O4/c1-31-22-11-16(24(29)30)6-7-17(22)13-27-14-20(25)19-9-8-18(12-21(19)27)26-23(28)10-15-4-2-3-5-15/h6-9,11-12,14-15H,2-5,10,13H2,1H3,(H,26,28)(H,29,30). The summed E-state index contributed by atoms with van der Waals surface area (Å²) < 4.78 is 7.37. The average molecular weight is 441 g/mol. The van der Waals surface area contributed by atoms with Crippen molar-refractivity contribution in [1.29, 1.82) is 0 Å². The fraction of sp³-hybridized carbons (Fsp3) is 0.333. The largest absolute Gasteiger partial charge is 0.496 e. The SMILES string of the molecule is COc1cc(C(=O)O)ccc1Cn1cc(Cl)c2ccc(NC(=O)CC3CCCC3)cc21. The van der Waals surface area contributed by atoms with E-state index in [-0.39, 0.29) is 11.5 Å². The Bertz CT molecular complexity index is 1130. The minimum atomic E-state index is -1.00. The highest BCUT2D eigenvalue weighted by atomic mass is 35.5. The summed E-state index contributed by atoms with van der Waals surface area (Å²) in [6.07, 6.45) is 7.09. The molecule has 1 aliphatic carbocycles. The zero-order valence-electron chi connectivity index (χ0n) is 17.4. The molecule has 1 saturated carbocycles. The first-order valence-corrected chi connectivity index (χ1v) is 10.8. The van der Waals surface area contributed by atoms with E-state index in [4.69, 9.17) is 16.3 Å². The number of methoxy groups -OCH3 is 1. The molecule has 0 aliphatic heterocycles. The molecule has 2 aromatic carbocycles. The molecule has 162 valence electrons. The molecule has 1 fully saturated rings. The van der Waals surface area contributed by atoms with Crippen molar-refractivity contribution in [1.82, 2.24) is 4.57 Å². The van der Waals surface area contributed by atoms with Crippen LogP contribution in [0.25, 0.3) is 10.9 Å². The molecule has 7 heteroatoms. The van der Waals surface area contributed by atoms with Crippen molar-refractivity contribution in [2.75, 3.05) is 12.4 Å². The van der Waals surface area contributed by atoms with Gasteiger partial charge in [0, 0.05) is 29.3 Å². The number of amides is 1. The fourth-order valence-electron chi connectivity index (χ4n) is 4.34. The summed E-state index contributed by atoms with van der Waals surface area (Å²) in [4.78, 5) is 23.7. The van der Waals surface area contributed by atoms with Gasteiger partial charge in [-0.3, -0.25) is 4.79 Å². The summed E-state index contributed by atoms with van der Waals surface area (Å²) in [6, 6.07) is 10.5. The Morgan fingerprint density at radius 3 is 2.68 bits per heavy atom. The lowest BCUT2D eigenvalue weighted by Gasteiger charge is -2.13. The van der Waals surface area contributed by atoms with E-state index in [1.54, 1.807) is 12.1 Å². The lowest BCUT2D eigenvalue weighted by molar-refractivity contribution is -0.117. The van der Waals surface area contributed by atoms with Gasteiger partial charge in [0.15, 0.2) is 0 Å². The number of hydrogen-bond donors (Lipinski definition) is 2. The number of carboxylic acids is 1. The van der Waals surface area contributed by atoms with E-state index in [9.17, 15) is 14.7 Å². The molecule has 0 bridgehead atoms. The van der Waals surface area contributed by atoms with Gasteiger partial charge in [-0.1, -0.05) is 30.5 Å². The van der Waals surface area contributed by atoms with Crippen molar-refractivity contribution >= 4 is 40.1 Å². The molecule has 0 radical (unpaired) electrons. The monoisotopic (exact) mass is 440 g/mol. The van der Waals surface area contributed by atoms with Crippen LogP contribution in [0.1, 0.15) is 48.0 Å². The Labute approximate surface area is 185 Å². The summed E-state index contributed by atoms with van der Waals surface area (Å²) in [5, 5.41) is 13.7. The number of carbonyl (C=O) groups excluding carboxylic acids is 1. The van der Waals surface area contributed by atoms with Gasteiger partial charge in [0.2, 0.25) is 5.91 Å². The molecule has 0 unspecified atom stereocenters. The van der Waals surface area contributed by atoms with E-state index in [1.807, 2.05) is 29.0 Å². The van der Waals surface area contributed by atoms with Crippen molar-refractivity contribution in [2.45, 2.75) is 38.6 Å². The number of anilines is 1. The van der Waals surface area contributed by atoms with Crippen LogP contribution in [0.2, 0.25) is 5.02 Å². The predicted molar refractivity (Wildman–Crippen MR) is 121 cm³/mol. The number of hydrogen-bond acceptors (Lipinski definition) is 3. The topological polar surface area (TPSA) is 80.6 Å². The van der Waals surface area contributed by atoms with E-state index in [2.05, 4.69) is 5.32 Å². The van der Waals surface area contributed by atoms with Crippen LogP contribution >= 0.6 is 11.6 Å². The molecular formula is C24H25ClN2O4. The zero-order valence-corrected chi connectivity index (χ0v) is 18.1. The lowest BCUT2D eigenvalue weighted by atomic mass is 10.0. The Morgan fingerprint density at radius 1 is 1.19 bits per heavy atom. The third-order valence-electron chi connectivity index (χ3n) is 5.94. The highest BCUT2D eigenvalue weighted by Gasteiger charge is 2.19. The first kappa shape index (κ1) is 21.2. The maximum atomic E-state index is 12.4. The van der Waals surface area contributed by atoms with Gasteiger partial charge in [-0.15, -0.1) is 0 Å². The number of ether oxygens (including phenoxy) is 1. The molecular weight excluding hydrogens is 416 g/mol. The molecule has 0 atom stereocenters. The number of fused-ring (bicyclic) bond motifs is 1. The molecule has 1 amide bonds. The second kappa shape index (κ2) is 9.02. The summed E-state index contributed by atoms with van der Waals surface area (Å²) in [5.74, 6) is 0.0286. The predicted octanol–water partition coefficient (Wildman–Crippen LogP) is 5.57. The highest BCUT2D eigenvalue weighted by Crippen LogP contribution is 2.31. The molecule has 3 aromatic rings. The Hall–Kier alpha value is -2.99. The number of aromatic carboxylic acids is 1. The number of rotatable bonds is 7. The van der Waals surface area contributed by atoms with Gasteiger partial charge in [0.05, 0.1) is 29.8 Å². The van der Waals surface area contributed by atoms with Gasteiger partial charge in [-0.25, -0.2) is 4.79 Å². The molecule has 6 nitrogen and oxygen atoms in total. The quantitative estimate of drug-likeness (QED) is 0.503. The van der Waals surface area contributed by atoms with E-state index in [0.717, 1.165) is 35.0 Å². The van der Waals surface area contributed by atoms with Crippen molar-refractivity contribution in [3.05, 3.63) is 58.7 Å². The second-order valence-corrected chi connectivity index (χ2v) is 8.48. The van der Waals surface area contributed by atoms with Crippen LogP contribution in [-0.4, -0.2) is 28.7 Å². The summed E-state index contributed by atoms with van der Waals surface area (Å²) >= 11 is 6.44. The number of benzene rings is 2. The fourth-order valence-corrected chi connectivity index (χ4v) is 4.61. The van der Waals surface area contributed by atoms with E-state index in [0.29, 0.717) is 29.7 Å². The van der Waals surface area contributed by atoms with Gasteiger partial charge in [0.25, 0.3) is 0 Å². The summed E-state index contributed by atoms with van der Waals surface area (Å²) in [6.45, 7) is 0.450. The maximum absolute atomic E-state index is 12.4. The second-order valence-electron chi connectivity index (χ2n) is 8.07. The van der Waals surface area contributed by atoms with E-state index < -0.39 is 5.97 Å². The normalized spacial score (nSPS) is 14.1. The number of nitrogens with one attached hydrogen (secondary N) is 1. The number of carbonyl (C=O) groups is 2. The van der Waals surface area contributed by atoms with Crippen LogP contribution in [0.4, 0.5) is 5.69 Å². The minimum absolute atomic E-state index is 0.0429. The average Bonchev–Trinajstić information content (AvgIpc) is 3.36. The minimum Gasteiger partial charge on any atom is -0.496 e. The molecule has 0 saturated heterocycles. The Balaban J connectivity index is 1.59. The van der Waals surface area contributed by atoms with Gasteiger partial charge in [-0.05, 0) is 49.1 Å². The molecule has 2 N–H and O–H groups in total. The third-order valence-corrected chi connectivity index (χ3v) is 6.24. The van der Waals surface area contributed by atoms with Crippen LogP contribution in [0, 0.1) is 5.92 Å². The molecule has 0 spiro atoms. The Kier molecular flexibility index (Phi) is 6.18. The van der Waals surface area contributed by atoms with Crippen LogP contribution in [0.3, 0.4) is 0 Å². The van der Waals surface area contributed by atoms with Crippen molar-refractivity contribution < 1.29 is 19.4 Å². The van der Waals surface area contributed by atoms with Crippen LogP contribution in [0.5, 0.6) is 5.75 Å². The third kappa shape index (κ3) is 4.69. The van der Waals surface area contributed by atoms with Gasteiger partial charge in [0.1, 0.15) is 5.75 Å². The van der Waals surface area contributed by atoms with Crippen molar-refractivity contribution in [3.8, 4) is 5.75 Å². The maximum Gasteiger partial charge on any atom is 0.335 e. The molecule has 1 aliphatic rings. The lowest BCUT2D eigenvalue weighted by Crippen LogP contribution is -2.15. The molecule has 31 heavy (non-hydrogen) atoms. The van der Waals surface area contributed by atoms with Crippen LogP contribution in [0.15, 0.2) is 42.6 Å². The number of carboxylic acid groups (broad SMARTS) is 1. The zero-order chi connectivity index (χ0) is 22.0. The first-order valence-electron chi connectivity index (χ1n) is 10.4. The number of nitrogens with zero attached hydrogens (tertiary/aromatic N) is 1. The highest BCUT2D eigenvalue weighted by molar-refractivity contribution is 6.35. The molecule has 1 heterocycles. The van der Waals surface area contributed by atoms with Crippen LogP contribution in [-0.2, 0) is 11.3 Å². The summed E-state index contributed by atoms with van der Waals surface area (Å²) in [5.41, 5.74) is 2.62. The number of aromatic nitrogens is 1. The molecule has 1 aromatic heterocycles. The van der Waals surface area contributed by atoms with Gasteiger partial charge >= 0.3 is 5.97 Å². The first-order chi connectivity index (χ1) is 14.9. The smallest absolute Gasteiger partial charge is 0.335 e. The number of halogens is 1. The van der Waals surface area contributed by atoms with E-state index >= 15 is 0 Å². The molecule has 4 rings (SSSR count). The Morgan fingerprint density at radius 2 is 1.97 bits per heavy atom.